The fourth-order valence-corrected chi connectivity index (χ4v) is 7.75. The zero-order valence-corrected chi connectivity index (χ0v) is 28.8. The van der Waals surface area contributed by atoms with E-state index in [4.69, 9.17) is 20.6 Å². The van der Waals surface area contributed by atoms with Crippen molar-refractivity contribution in [2.75, 3.05) is 18.5 Å². The molecule has 0 bridgehead atoms. The molecule has 10 nitrogen and oxygen atoms in total. The fraction of sp³-hybridized carbons (Fsp3) is 0.400. The number of anilines is 1. The number of aryl methyl sites for hydroxylation is 1. The average molecular weight is 679 g/mol. The number of hydrogen-bond donors (Lipinski definition) is 3. The summed E-state index contributed by atoms with van der Waals surface area (Å²) in [5.41, 5.74) is 15.2. The van der Waals surface area contributed by atoms with Crippen LogP contribution >= 0.6 is 0 Å². The van der Waals surface area contributed by atoms with Crippen LogP contribution in [0.25, 0.3) is 22.1 Å². The van der Waals surface area contributed by atoms with Gasteiger partial charge in [0, 0.05) is 35.2 Å². The Hall–Kier alpha value is -4.80. The summed E-state index contributed by atoms with van der Waals surface area (Å²) >= 11 is 0. The molecule has 5 N–H and O–H groups in total. The maximum atomic E-state index is 15.0. The van der Waals surface area contributed by atoms with Gasteiger partial charge in [0.25, 0.3) is 5.91 Å². The van der Waals surface area contributed by atoms with Gasteiger partial charge in [0.2, 0.25) is 11.4 Å². The first-order chi connectivity index (χ1) is 24.1. The minimum atomic E-state index is -2.05. The van der Waals surface area contributed by atoms with Crippen LogP contribution in [0.4, 0.5) is 5.69 Å². The van der Waals surface area contributed by atoms with Crippen molar-refractivity contribution in [1.29, 1.82) is 0 Å². The van der Waals surface area contributed by atoms with Gasteiger partial charge in [-0.2, -0.15) is 0 Å². The number of ether oxygens (including phenoxy) is 1. The maximum Gasteiger partial charge on any atom is 0.342 e. The molecule has 50 heavy (non-hydrogen) atoms. The highest BCUT2D eigenvalue weighted by Gasteiger charge is 2.56. The van der Waals surface area contributed by atoms with Crippen LogP contribution in [0.2, 0.25) is 0 Å². The third-order valence-electron chi connectivity index (χ3n) is 10.2. The SMILES string of the molecule is Cc1cc(=O)oc2cc(NC(=O)[C@@](CCCCN)(C(=O)OCC3c4ccccc4-c4ccccc43)N(C(=O)[C@H](C)N)C3CCCCC3)ccc12. The molecule has 3 aromatic carbocycles. The van der Waals surface area contributed by atoms with E-state index >= 15 is 0 Å². The number of nitrogens with zero attached hydrogens (tertiary/aromatic N) is 1. The summed E-state index contributed by atoms with van der Waals surface area (Å²) < 4.78 is 11.7. The molecule has 2 aliphatic rings. The molecule has 4 aromatic rings. The highest BCUT2D eigenvalue weighted by molar-refractivity contribution is 6.15. The standard InChI is InChI=1S/C40H46N4O6/c1-25-22-36(45)50-35-23-27(18-19-29(25)35)43-38(47)40(20-10-11-21-41,44(37(46)26(2)42)28-12-4-3-5-13-28)39(48)49-24-34-32-16-8-6-14-30(32)31-15-7-9-17-33(31)34/h6-9,14-19,22-23,26,28,34H,3-5,10-13,20-21,24,41-42H2,1-2H3,(H,43,47)/t26-,40-/m0/s1. The third-order valence-corrected chi connectivity index (χ3v) is 10.2. The summed E-state index contributed by atoms with van der Waals surface area (Å²) in [5, 5.41) is 3.64. The monoisotopic (exact) mass is 678 g/mol. The quantitative estimate of drug-likeness (QED) is 0.0738. The second kappa shape index (κ2) is 15.0. The summed E-state index contributed by atoms with van der Waals surface area (Å²) in [6.45, 7) is 3.70. The van der Waals surface area contributed by atoms with Crippen LogP contribution in [-0.4, -0.2) is 53.5 Å². The minimum Gasteiger partial charge on any atom is -0.463 e. The molecule has 0 aliphatic heterocycles. The third kappa shape index (κ3) is 6.69. The van der Waals surface area contributed by atoms with Crippen molar-refractivity contribution < 1.29 is 23.5 Å². The van der Waals surface area contributed by atoms with E-state index < -0.39 is 41.0 Å². The Morgan fingerprint density at radius 2 is 1.62 bits per heavy atom. The highest BCUT2D eigenvalue weighted by Crippen LogP contribution is 2.45. The molecule has 2 aliphatic carbocycles. The van der Waals surface area contributed by atoms with Gasteiger partial charge in [-0.3, -0.25) is 9.59 Å². The van der Waals surface area contributed by atoms with Crippen molar-refractivity contribution in [1.82, 2.24) is 4.90 Å². The van der Waals surface area contributed by atoms with E-state index in [0.717, 1.165) is 47.1 Å². The van der Waals surface area contributed by atoms with E-state index in [0.29, 0.717) is 48.9 Å². The van der Waals surface area contributed by atoms with Gasteiger partial charge in [-0.15, -0.1) is 0 Å². The van der Waals surface area contributed by atoms with Crippen LogP contribution in [0.5, 0.6) is 0 Å². The van der Waals surface area contributed by atoms with Crippen molar-refractivity contribution in [3.8, 4) is 11.1 Å². The molecule has 0 saturated heterocycles. The number of nitrogens with two attached hydrogens (primary N) is 2. The first-order valence-corrected chi connectivity index (χ1v) is 17.7. The van der Waals surface area contributed by atoms with Gasteiger partial charge in [-0.1, -0.05) is 67.8 Å². The van der Waals surface area contributed by atoms with Crippen LogP contribution in [0.3, 0.4) is 0 Å². The highest BCUT2D eigenvalue weighted by atomic mass is 16.5. The second-order valence-corrected chi connectivity index (χ2v) is 13.6. The number of rotatable bonds is 12. The van der Waals surface area contributed by atoms with Crippen LogP contribution < -0.4 is 22.4 Å². The largest absolute Gasteiger partial charge is 0.463 e. The number of hydrogen-bond acceptors (Lipinski definition) is 8. The van der Waals surface area contributed by atoms with Gasteiger partial charge in [0.1, 0.15) is 12.2 Å². The second-order valence-electron chi connectivity index (χ2n) is 13.6. The van der Waals surface area contributed by atoms with Crippen molar-refractivity contribution in [3.05, 3.63) is 99.9 Å². The number of unbranched alkanes of at least 4 members (excludes halogenated alkanes) is 1. The van der Waals surface area contributed by atoms with Gasteiger partial charge in [0.05, 0.1) is 6.04 Å². The molecule has 262 valence electrons. The summed E-state index contributed by atoms with van der Waals surface area (Å²) in [7, 11) is 0. The van der Waals surface area contributed by atoms with Crippen LogP contribution in [0, 0.1) is 6.92 Å². The minimum absolute atomic E-state index is 0.0105. The van der Waals surface area contributed by atoms with Crippen molar-refractivity contribution >= 4 is 34.4 Å². The number of benzene rings is 3. The van der Waals surface area contributed by atoms with Crippen molar-refractivity contribution in [2.24, 2.45) is 11.5 Å². The van der Waals surface area contributed by atoms with E-state index in [1.165, 1.54) is 11.0 Å². The number of carbonyl (C=O) groups is 3. The lowest BCUT2D eigenvalue weighted by atomic mass is 9.83. The number of fused-ring (bicyclic) bond motifs is 4. The Labute approximate surface area is 292 Å². The number of nitrogens with one attached hydrogen (secondary N) is 1. The lowest BCUT2D eigenvalue weighted by molar-refractivity contribution is -0.173. The van der Waals surface area contributed by atoms with E-state index in [1.807, 2.05) is 36.4 Å². The van der Waals surface area contributed by atoms with Gasteiger partial charge in [0.15, 0.2) is 0 Å². The van der Waals surface area contributed by atoms with Crippen LogP contribution in [0.15, 0.2) is 82.0 Å². The van der Waals surface area contributed by atoms with E-state index in [1.54, 1.807) is 32.0 Å². The molecular formula is C40H46N4O6. The van der Waals surface area contributed by atoms with Gasteiger partial charge >= 0.3 is 11.6 Å². The van der Waals surface area contributed by atoms with Crippen molar-refractivity contribution in [3.63, 3.8) is 0 Å². The smallest absolute Gasteiger partial charge is 0.342 e. The molecule has 0 spiro atoms. The van der Waals surface area contributed by atoms with Crippen LogP contribution in [0.1, 0.15) is 80.9 Å². The first kappa shape index (κ1) is 35.0. The zero-order valence-electron chi connectivity index (χ0n) is 28.8. The van der Waals surface area contributed by atoms with E-state index in [2.05, 4.69) is 17.4 Å². The average Bonchev–Trinajstić information content (AvgIpc) is 3.43. The lowest BCUT2D eigenvalue weighted by Gasteiger charge is -2.46. The molecule has 1 saturated carbocycles. The Morgan fingerprint density at radius 3 is 2.26 bits per heavy atom. The molecule has 6 rings (SSSR count). The molecule has 1 aromatic heterocycles. The Morgan fingerprint density at radius 1 is 0.960 bits per heavy atom. The molecule has 10 heteroatoms. The number of esters is 1. The molecule has 0 unspecified atom stereocenters. The van der Waals surface area contributed by atoms with Gasteiger partial charge < -0.3 is 30.8 Å². The molecule has 2 amide bonds. The predicted molar refractivity (Wildman–Crippen MR) is 194 cm³/mol. The lowest BCUT2D eigenvalue weighted by Crippen LogP contribution is -2.69. The predicted octanol–water partition coefficient (Wildman–Crippen LogP) is 5.77. The Bertz CT molecular complexity index is 1900. The summed E-state index contributed by atoms with van der Waals surface area (Å²) in [5.74, 6) is -2.26. The topological polar surface area (TPSA) is 158 Å². The first-order valence-electron chi connectivity index (χ1n) is 17.7. The van der Waals surface area contributed by atoms with Gasteiger partial charge in [-0.25, -0.2) is 9.59 Å². The van der Waals surface area contributed by atoms with Gasteiger partial charge in [-0.05, 0) is 92.4 Å². The number of carbonyl (C=O) groups excluding carboxylic acids is 3. The molecule has 0 radical (unpaired) electrons. The van der Waals surface area contributed by atoms with E-state index in [9.17, 15) is 19.2 Å². The summed E-state index contributed by atoms with van der Waals surface area (Å²) in [6.07, 6.45) is 4.84. The Kier molecular flexibility index (Phi) is 10.5. The molecular weight excluding hydrogens is 632 g/mol. The molecule has 2 atom stereocenters. The normalized spacial score (nSPS) is 16.2. The summed E-state index contributed by atoms with van der Waals surface area (Å²) in [4.78, 5) is 57.8. The molecule has 1 fully saturated rings. The zero-order chi connectivity index (χ0) is 35.4. The Balaban J connectivity index is 1.43. The fourth-order valence-electron chi connectivity index (χ4n) is 7.75. The summed E-state index contributed by atoms with van der Waals surface area (Å²) in [6, 6.07) is 21.1. The maximum absolute atomic E-state index is 15.0. The molecule has 1 heterocycles. The van der Waals surface area contributed by atoms with E-state index in [-0.39, 0.29) is 18.9 Å². The number of amides is 2. The van der Waals surface area contributed by atoms with Crippen molar-refractivity contribution in [2.45, 2.75) is 88.8 Å². The van der Waals surface area contributed by atoms with Crippen LogP contribution in [-0.2, 0) is 19.1 Å².